The van der Waals surface area contributed by atoms with Crippen molar-refractivity contribution in [2.45, 2.75) is 59.0 Å². The van der Waals surface area contributed by atoms with Crippen LogP contribution < -0.4 is 5.32 Å². The molecular weight excluding hydrogens is 186 g/mol. The van der Waals surface area contributed by atoms with Crippen LogP contribution in [0.1, 0.15) is 47.5 Å². The van der Waals surface area contributed by atoms with Gasteiger partial charge in [-0.2, -0.15) is 5.10 Å². The molecule has 1 unspecified atom stereocenters. The Morgan fingerprint density at radius 1 is 1.47 bits per heavy atom. The number of nitrogens with one attached hydrogen (secondary N) is 1. The molecule has 3 nitrogen and oxygen atoms in total. The first-order valence-corrected chi connectivity index (χ1v) is 5.75. The van der Waals surface area contributed by atoms with Crippen LogP contribution in [-0.4, -0.2) is 15.8 Å². The monoisotopic (exact) mass is 209 g/mol. The maximum Gasteiger partial charge on any atom is 0.0728 e. The molecule has 0 saturated carbocycles. The molecule has 15 heavy (non-hydrogen) atoms. The van der Waals surface area contributed by atoms with Crippen LogP contribution in [0.3, 0.4) is 0 Å². The van der Waals surface area contributed by atoms with Crippen molar-refractivity contribution in [3.63, 3.8) is 0 Å². The largest absolute Gasteiger partial charge is 0.380 e. The minimum Gasteiger partial charge on any atom is -0.380 e. The molecule has 1 atom stereocenters. The van der Waals surface area contributed by atoms with Crippen molar-refractivity contribution in [3.05, 3.63) is 12.4 Å². The second-order valence-corrected chi connectivity index (χ2v) is 5.18. The highest BCUT2D eigenvalue weighted by Crippen LogP contribution is 2.16. The zero-order chi connectivity index (χ0) is 11.5. The Balaban J connectivity index is 2.61. The van der Waals surface area contributed by atoms with Gasteiger partial charge in [0.25, 0.3) is 0 Å². The van der Waals surface area contributed by atoms with E-state index in [0.717, 1.165) is 5.69 Å². The molecule has 1 aromatic heterocycles. The van der Waals surface area contributed by atoms with Crippen molar-refractivity contribution >= 4 is 5.69 Å². The average Bonchev–Trinajstić information content (AvgIpc) is 2.52. The Labute approximate surface area is 92.9 Å². The number of rotatable bonds is 4. The van der Waals surface area contributed by atoms with Gasteiger partial charge in [0.2, 0.25) is 0 Å². The van der Waals surface area contributed by atoms with Crippen LogP contribution in [0.5, 0.6) is 0 Å². The third-order valence-electron chi connectivity index (χ3n) is 2.40. The quantitative estimate of drug-likeness (QED) is 0.825. The van der Waals surface area contributed by atoms with Crippen LogP contribution in [0, 0.1) is 0 Å². The summed E-state index contributed by atoms with van der Waals surface area (Å²) in [6.45, 7) is 10.9. The first-order chi connectivity index (χ1) is 6.93. The van der Waals surface area contributed by atoms with Crippen LogP contribution in [-0.2, 0) is 5.54 Å². The highest BCUT2D eigenvalue weighted by atomic mass is 15.3. The highest BCUT2D eigenvalue weighted by Gasteiger charge is 2.14. The molecule has 0 bridgehead atoms. The van der Waals surface area contributed by atoms with Gasteiger partial charge in [-0.1, -0.05) is 13.3 Å². The number of nitrogens with zero attached hydrogens (tertiary/aromatic N) is 2. The van der Waals surface area contributed by atoms with Crippen LogP contribution in [0.15, 0.2) is 12.4 Å². The van der Waals surface area contributed by atoms with Gasteiger partial charge in [-0.3, -0.25) is 4.68 Å². The predicted molar refractivity (Wildman–Crippen MR) is 65.2 cm³/mol. The normalized spacial score (nSPS) is 13.9. The summed E-state index contributed by atoms with van der Waals surface area (Å²) in [6.07, 6.45) is 6.38. The average molecular weight is 209 g/mol. The molecule has 0 amide bonds. The lowest BCUT2D eigenvalue weighted by atomic mass is 10.1. The number of hydrogen-bond acceptors (Lipinski definition) is 2. The SMILES string of the molecule is CCCC(C)Nc1cnn(C(C)(C)C)c1. The van der Waals surface area contributed by atoms with Gasteiger partial charge in [-0.15, -0.1) is 0 Å². The molecule has 0 aliphatic carbocycles. The van der Waals surface area contributed by atoms with E-state index in [1.807, 2.05) is 10.9 Å². The van der Waals surface area contributed by atoms with E-state index >= 15 is 0 Å². The molecule has 86 valence electrons. The number of anilines is 1. The first kappa shape index (κ1) is 12.1. The molecule has 1 N–H and O–H groups in total. The summed E-state index contributed by atoms with van der Waals surface area (Å²) in [6, 6.07) is 0.521. The topological polar surface area (TPSA) is 29.9 Å². The Morgan fingerprint density at radius 2 is 2.13 bits per heavy atom. The minimum absolute atomic E-state index is 0.0634. The van der Waals surface area contributed by atoms with Crippen molar-refractivity contribution in [1.82, 2.24) is 9.78 Å². The molecule has 0 saturated heterocycles. The lowest BCUT2D eigenvalue weighted by Gasteiger charge is -2.19. The van der Waals surface area contributed by atoms with E-state index in [0.29, 0.717) is 6.04 Å². The third kappa shape index (κ3) is 3.57. The Bertz CT molecular complexity index is 296. The predicted octanol–water partition coefficient (Wildman–Crippen LogP) is 3.24. The van der Waals surface area contributed by atoms with Gasteiger partial charge < -0.3 is 5.32 Å². The van der Waals surface area contributed by atoms with Crippen molar-refractivity contribution in [1.29, 1.82) is 0 Å². The lowest BCUT2D eigenvalue weighted by Crippen LogP contribution is -2.22. The van der Waals surface area contributed by atoms with E-state index in [9.17, 15) is 0 Å². The van der Waals surface area contributed by atoms with Gasteiger partial charge in [-0.25, -0.2) is 0 Å². The molecular formula is C12H23N3. The van der Waals surface area contributed by atoms with Crippen molar-refractivity contribution in [2.75, 3.05) is 5.32 Å². The summed E-state index contributed by atoms with van der Waals surface area (Å²) >= 11 is 0. The lowest BCUT2D eigenvalue weighted by molar-refractivity contribution is 0.355. The summed E-state index contributed by atoms with van der Waals surface area (Å²) in [5.41, 5.74) is 1.18. The van der Waals surface area contributed by atoms with E-state index in [-0.39, 0.29) is 5.54 Å². The van der Waals surface area contributed by atoms with Gasteiger partial charge in [0, 0.05) is 12.2 Å². The molecule has 0 spiro atoms. The fraction of sp³-hybridized carbons (Fsp3) is 0.750. The smallest absolute Gasteiger partial charge is 0.0728 e. The van der Waals surface area contributed by atoms with E-state index < -0.39 is 0 Å². The van der Waals surface area contributed by atoms with E-state index in [1.54, 1.807) is 0 Å². The molecule has 0 fully saturated rings. The van der Waals surface area contributed by atoms with Gasteiger partial charge in [0.15, 0.2) is 0 Å². The summed E-state index contributed by atoms with van der Waals surface area (Å²) in [7, 11) is 0. The maximum atomic E-state index is 4.35. The van der Waals surface area contributed by atoms with Gasteiger partial charge in [-0.05, 0) is 34.1 Å². The summed E-state index contributed by atoms with van der Waals surface area (Å²) in [4.78, 5) is 0. The fourth-order valence-electron chi connectivity index (χ4n) is 1.55. The van der Waals surface area contributed by atoms with Gasteiger partial charge >= 0.3 is 0 Å². The second-order valence-electron chi connectivity index (χ2n) is 5.18. The molecule has 0 aliphatic rings. The molecule has 0 aliphatic heterocycles. The third-order valence-corrected chi connectivity index (χ3v) is 2.40. The van der Waals surface area contributed by atoms with Gasteiger partial charge in [0.05, 0.1) is 17.4 Å². The zero-order valence-corrected chi connectivity index (χ0v) is 10.5. The molecule has 1 aromatic rings. The molecule has 3 heteroatoms. The first-order valence-electron chi connectivity index (χ1n) is 5.75. The van der Waals surface area contributed by atoms with Crippen molar-refractivity contribution in [2.24, 2.45) is 0 Å². The fourth-order valence-corrected chi connectivity index (χ4v) is 1.55. The Hall–Kier alpha value is -0.990. The maximum absolute atomic E-state index is 4.35. The molecule has 0 aromatic carbocycles. The van der Waals surface area contributed by atoms with Crippen LogP contribution in [0.25, 0.3) is 0 Å². The minimum atomic E-state index is 0.0634. The zero-order valence-electron chi connectivity index (χ0n) is 10.5. The van der Waals surface area contributed by atoms with Crippen molar-refractivity contribution in [3.8, 4) is 0 Å². The van der Waals surface area contributed by atoms with Crippen LogP contribution in [0.2, 0.25) is 0 Å². The van der Waals surface area contributed by atoms with Gasteiger partial charge in [0.1, 0.15) is 0 Å². The van der Waals surface area contributed by atoms with E-state index in [1.165, 1.54) is 12.8 Å². The van der Waals surface area contributed by atoms with E-state index in [2.05, 4.69) is 51.2 Å². The summed E-state index contributed by atoms with van der Waals surface area (Å²) in [5, 5.41) is 7.81. The summed E-state index contributed by atoms with van der Waals surface area (Å²) < 4.78 is 1.99. The molecule has 1 heterocycles. The molecule has 0 radical (unpaired) electrons. The second kappa shape index (κ2) is 4.69. The van der Waals surface area contributed by atoms with E-state index in [4.69, 9.17) is 0 Å². The Morgan fingerprint density at radius 3 is 2.60 bits per heavy atom. The van der Waals surface area contributed by atoms with Crippen molar-refractivity contribution < 1.29 is 0 Å². The molecule has 1 rings (SSSR count). The Kier molecular flexibility index (Phi) is 3.77. The highest BCUT2D eigenvalue weighted by molar-refractivity contribution is 5.39. The number of hydrogen-bond donors (Lipinski definition) is 1. The van der Waals surface area contributed by atoms with Crippen LogP contribution in [0.4, 0.5) is 5.69 Å². The van der Waals surface area contributed by atoms with Crippen LogP contribution >= 0.6 is 0 Å². The number of aromatic nitrogens is 2. The summed E-state index contributed by atoms with van der Waals surface area (Å²) in [5.74, 6) is 0. The standard InChI is InChI=1S/C12H23N3/c1-6-7-10(2)14-11-8-13-15(9-11)12(3,4)5/h8-10,14H,6-7H2,1-5H3.